The molecule has 2 rings (SSSR count). The van der Waals surface area contributed by atoms with Crippen molar-refractivity contribution in [2.75, 3.05) is 13.2 Å². The third-order valence-electron chi connectivity index (χ3n) is 2.63. The molecule has 1 aliphatic heterocycles. The fraction of sp³-hybridized carbons (Fsp3) is 0.700. The zero-order chi connectivity index (χ0) is 9.80. The van der Waals surface area contributed by atoms with Crippen molar-refractivity contribution in [3.8, 4) is 0 Å². The third kappa shape index (κ3) is 2.53. The molecule has 4 heteroatoms. The van der Waals surface area contributed by atoms with Crippen LogP contribution >= 0.6 is 11.3 Å². The molecule has 0 saturated carbocycles. The highest BCUT2D eigenvalue weighted by Gasteiger charge is 2.22. The lowest BCUT2D eigenvalue weighted by Crippen LogP contribution is -2.30. The van der Waals surface area contributed by atoms with E-state index in [1.54, 1.807) is 16.8 Å². The predicted molar refractivity (Wildman–Crippen MR) is 55.4 cm³/mol. The van der Waals surface area contributed by atoms with Gasteiger partial charge in [-0.2, -0.15) is 0 Å². The zero-order valence-corrected chi connectivity index (χ0v) is 8.87. The van der Waals surface area contributed by atoms with E-state index >= 15 is 0 Å². The van der Waals surface area contributed by atoms with E-state index in [-0.39, 0.29) is 6.10 Å². The lowest BCUT2D eigenvalue weighted by Gasteiger charge is -2.26. The van der Waals surface area contributed by atoms with Crippen LogP contribution in [0.2, 0.25) is 0 Å². The smallest absolute Gasteiger partial charge is 0.0794 e. The highest BCUT2D eigenvalue weighted by atomic mass is 32.1. The number of aromatic nitrogens is 1. The van der Waals surface area contributed by atoms with Crippen molar-refractivity contribution in [3.63, 3.8) is 0 Å². The summed E-state index contributed by atoms with van der Waals surface area (Å²) < 4.78 is 5.35. The Morgan fingerprint density at radius 3 is 3.29 bits per heavy atom. The minimum absolute atomic E-state index is 0.268. The molecule has 0 radical (unpaired) electrons. The molecule has 1 N–H and O–H groups in total. The summed E-state index contributed by atoms with van der Waals surface area (Å²) in [5.74, 6) is 0.311. The normalized spacial score (nSPS) is 24.8. The van der Waals surface area contributed by atoms with E-state index in [2.05, 4.69) is 4.98 Å². The first-order valence-electron chi connectivity index (χ1n) is 4.99. The standard InChI is InChI=1S/C10H15NO2S/c12-10(4-9-5-11-7-14-9)8-2-1-3-13-6-8/h5,7-8,10,12H,1-4,6H2. The van der Waals surface area contributed by atoms with E-state index in [1.807, 2.05) is 6.20 Å². The monoisotopic (exact) mass is 213 g/mol. The van der Waals surface area contributed by atoms with Crippen LogP contribution in [0.3, 0.4) is 0 Å². The van der Waals surface area contributed by atoms with Gasteiger partial charge < -0.3 is 9.84 Å². The molecule has 1 fully saturated rings. The minimum Gasteiger partial charge on any atom is -0.392 e. The highest BCUT2D eigenvalue weighted by molar-refractivity contribution is 7.09. The van der Waals surface area contributed by atoms with Gasteiger partial charge in [0, 0.05) is 30.0 Å². The van der Waals surface area contributed by atoms with Gasteiger partial charge in [0.2, 0.25) is 0 Å². The minimum atomic E-state index is -0.268. The Bertz CT molecular complexity index is 257. The van der Waals surface area contributed by atoms with Crippen molar-refractivity contribution >= 4 is 11.3 Å². The van der Waals surface area contributed by atoms with Crippen LogP contribution in [0.1, 0.15) is 17.7 Å². The number of aliphatic hydroxyl groups excluding tert-OH is 1. The molecule has 1 saturated heterocycles. The van der Waals surface area contributed by atoms with Gasteiger partial charge in [0.05, 0.1) is 18.2 Å². The molecular formula is C10H15NO2S. The first kappa shape index (κ1) is 10.1. The zero-order valence-electron chi connectivity index (χ0n) is 8.06. The summed E-state index contributed by atoms with van der Waals surface area (Å²) in [6.07, 6.45) is 4.44. The molecule has 2 unspecified atom stereocenters. The maximum Gasteiger partial charge on any atom is 0.0794 e. The Morgan fingerprint density at radius 2 is 2.64 bits per heavy atom. The number of hydrogen-bond donors (Lipinski definition) is 1. The Hall–Kier alpha value is -0.450. The maximum absolute atomic E-state index is 9.94. The van der Waals surface area contributed by atoms with Gasteiger partial charge in [0.25, 0.3) is 0 Å². The summed E-state index contributed by atoms with van der Waals surface area (Å²) in [6, 6.07) is 0. The van der Waals surface area contributed by atoms with Crippen LogP contribution in [-0.4, -0.2) is 29.4 Å². The average Bonchev–Trinajstić information content (AvgIpc) is 2.72. The van der Waals surface area contributed by atoms with Gasteiger partial charge >= 0.3 is 0 Å². The SMILES string of the molecule is OC(Cc1cncs1)C1CCCOC1. The Morgan fingerprint density at radius 1 is 1.71 bits per heavy atom. The van der Waals surface area contributed by atoms with Crippen molar-refractivity contribution in [2.45, 2.75) is 25.4 Å². The van der Waals surface area contributed by atoms with E-state index in [4.69, 9.17) is 4.74 Å². The van der Waals surface area contributed by atoms with Crippen LogP contribution in [0.15, 0.2) is 11.7 Å². The molecule has 0 aliphatic carbocycles. The summed E-state index contributed by atoms with van der Waals surface area (Å²) in [4.78, 5) is 5.15. The molecule has 0 aromatic carbocycles. The summed E-state index contributed by atoms with van der Waals surface area (Å²) in [5.41, 5.74) is 1.80. The maximum atomic E-state index is 9.94. The van der Waals surface area contributed by atoms with Crippen LogP contribution in [-0.2, 0) is 11.2 Å². The van der Waals surface area contributed by atoms with Gasteiger partial charge in [-0.15, -0.1) is 11.3 Å². The Balaban J connectivity index is 1.85. The Labute approximate surface area is 87.7 Å². The molecule has 1 aromatic rings. The van der Waals surface area contributed by atoms with Crippen LogP contribution < -0.4 is 0 Å². The van der Waals surface area contributed by atoms with Crippen LogP contribution in [0, 0.1) is 5.92 Å². The third-order valence-corrected chi connectivity index (χ3v) is 3.44. The number of hydrogen-bond acceptors (Lipinski definition) is 4. The molecule has 78 valence electrons. The van der Waals surface area contributed by atoms with Gasteiger partial charge in [-0.05, 0) is 12.8 Å². The molecule has 0 spiro atoms. The topological polar surface area (TPSA) is 42.4 Å². The molecule has 1 aromatic heterocycles. The second-order valence-corrected chi connectivity index (χ2v) is 4.69. The quantitative estimate of drug-likeness (QED) is 0.827. The largest absolute Gasteiger partial charge is 0.392 e. The van der Waals surface area contributed by atoms with E-state index in [9.17, 15) is 5.11 Å². The fourth-order valence-corrected chi connectivity index (χ4v) is 2.43. The molecule has 3 nitrogen and oxygen atoms in total. The van der Waals surface area contributed by atoms with Gasteiger partial charge in [-0.1, -0.05) is 0 Å². The van der Waals surface area contributed by atoms with Gasteiger partial charge in [0.1, 0.15) is 0 Å². The molecule has 1 aliphatic rings. The van der Waals surface area contributed by atoms with Crippen LogP contribution in [0.4, 0.5) is 0 Å². The summed E-state index contributed by atoms with van der Waals surface area (Å²) in [5, 5.41) is 9.94. The number of ether oxygens (including phenoxy) is 1. The van der Waals surface area contributed by atoms with Gasteiger partial charge in [0.15, 0.2) is 0 Å². The van der Waals surface area contributed by atoms with Crippen molar-refractivity contribution in [1.29, 1.82) is 0 Å². The van der Waals surface area contributed by atoms with E-state index in [1.165, 1.54) is 0 Å². The predicted octanol–water partition coefficient (Wildman–Crippen LogP) is 1.47. The molecule has 2 atom stereocenters. The van der Waals surface area contributed by atoms with Crippen LogP contribution in [0.5, 0.6) is 0 Å². The van der Waals surface area contributed by atoms with Gasteiger partial charge in [-0.3, -0.25) is 4.98 Å². The van der Waals surface area contributed by atoms with Crippen molar-refractivity contribution in [2.24, 2.45) is 5.92 Å². The molecule has 2 heterocycles. The molecular weight excluding hydrogens is 198 g/mol. The lowest BCUT2D eigenvalue weighted by atomic mass is 9.94. The van der Waals surface area contributed by atoms with Crippen molar-refractivity contribution < 1.29 is 9.84 Å². The number of nitrogens with zero attached hydrogens (tertiary/aromatic N) is 1. The summed E-state index contributed by atoms with van der Waals surface area (Å²) in [7, 11) is 0. The van der Waals surface area contributed by atoms with E-state index in [0.29, 0.717) is 12.5 Å². The second-order valence-electron chi connectivity index (χ2n) is 3.72. The first-order valence-corrected chi connectivity index (χ1v) is 5.87. The van der Waals surface area contributed by atoms with E-state index in [0.717, 1.165) is 30.7 Å². The van der Waals surface area contributed by atoms with Crippen molar-refractivity contribution in [1.82, 2.24) is 4.98 Å². The van der Waals surface area contributed by atoms with Gasteiger partial charge in [-0.25, -0.2) is 0 Å². The lowest BCUT2D eigenvalue weighted by molar-refractivity contribution is -0.00821. The van der Waals surface area contributed by atoms with Crippen LogP contribution in [0.25, 0.3) is 0 Å². The molecule has 0 amide bonds. The summed E-state index contributed by atoms with van der Waals surface area (Å²) in [6.45, 7) is 1.56. The Kier molecular flexibility index (Phi) is 3.50. The van der Waals surface area contributed by atoms with Crippen molar-refractivity contribution in [3.05, 3.63) is 16.6 Å². The summed E-state index contributed by atoms with van der Waals surface area (Å²) >= 11 is 1.60. The highest BCUT2D eigenvalue weighted by Crippen LogP contribution is 2.21. The fourth-order valence-electron chi connectivity index (χ4n) is 1.78. The average molecular weight is 213 g/mol. The number of rotatable bonds is 3. The first-order chi connectivity index (χ1) is 6.86. The molecule has 0 bridgehead atoms. The number of thiazole rings is 1. The number of aliphatic hydroxyl groups is 1. The second kappa shape index (κ2) is 4.87. The van der Waals surface area contributed by atoms with E-state index < -0.39 is 0 Å². The molecule has 14 heavy (non-hydrogen) atoms.